The zero-order valence-electron chi connectivity index (χ0n) is 75.2. The third-order valence-electron chi connectivity index (χ3n) is 34.7. The number of esters is 5. The van der Waals surface area contributed by atoms with Crippen molar-refractivity contribution in [1.29, 1.82) is 0 Å². The molecule has 12 aliphatic carbocycles. The Morgan fingerprint density at radius 2 is 0.568 bits per heavy atom. The van der Waals surface area contributed by atoms with Gasteiger partial charge in [0.05, 0.1) is 29.6 Å². The van der Waals surface area contributed by atoms with Gasteiger partial charge in [0.2, 0.25) is 0 Å². The van der Waals surface area contributed by atoms with E-state index in [1.165, 1.54) is 0 Å². The van der Waals surface area contributed by atoms with Crippen LogP contribution < -0.4 is 0 Å². The van der Waals surface area contributed by atoms with Crippen LogP contribution in [-0.2, 0) is 47.7 Å². The molecule has 0 aliphatic heterocycles. The SMILES string of the molecule is CC1C2CC(C(=O)OC(C)(C)C(O)(C(F)(F)F)C(F)(F)F)C(C2)C1C.CC1C2CC(C(=O)OC(C)(C3CCCC3)C(O)(C(F)(F)F)C(F)(F)F)C(C2)C1C.CC1C2CC(C(=O)OC3(C(O)(C(F)(F)F)C(F)(F)F)CCCCC3)C(C2)C1C.CC1C2CC(C(=O)OCC(O)(C(F)(F)F)C(F)(F)F)C(C2)C1C.CCC(CC)(OC(=O)C1CC2CC1C(C)C2C)C(O)(C(F)(F)F)C(F)(F)F. The lowest BCUT2D eigenvalue weighted by atomic mass is 9.70. The maximum Gasteiger partial charge on any atom is 0.430 e. The van der Waals surface area contributed by atoms with Crippen LogP contribution >= 0.6 is 0 Å². The van der Waals surface area contributed by atoms with E-state index in [0.29, 0.717) is 108 Å². The highest BCUT2D eigenvalue weighted by molar-refractivity contribution is 5.77. The molecule has 12 saturated carbocycles. The van der Waals surface area contributed by atoms with E-state index in [-0.39, 0.29) is 114 Å². The molecule has 10 bridgehead atoms. The normalized spacial score (nSPS) is 34.4. The highest BCUT2D eigenvalue weighted by Gasteiger charge is 2.85. The molecule has 132 heavy (non-hydrogen) atoms. The largest absolute Gasteiger partial charge is 0.462 e. The van der Waals surface area contributed by atoms with Gasteiger partial charge in [-0.15, -0.1) is 0 Å². The fourth-order valence-electron chi connectivity index (χ4n) is 25.4. The first-order chi connectivity index (χ1) is 59.4. The van der Waals surface area contributed by atoms with E-state index in [1.807, 2.05) is 69.2 Å². The minimum atomic E-state index is -6.05. The van der Waals surface area contributed by atoms with E-state index >= 15 is 0 Å². The van der Waals surface area contributed by atoms with Crippen molar-refractivity contribution in [2.45, 2.75) is 351 Å². The second kappa shape index (κ2) is 37.6. The standard InChI is InChI=1S/C20H28F6O3.C19H26F6O3.C18H26F6O3.C16H22F6O3.C14H18F6O3/c1-10-11(2)14-8-12(10)9-15(14)16(27)29-17(3,13-6-4-5-7-13)18(28,19(21,22)23)20(24,25)26;1-10-11(2)13-8-12(10)9-14(13)15(26)28-16(6-4-3-5-7-16)17(27,18(20,21)22)19(23,24)25;1-5-15(6-2,16(26,17(19,20)21)18(22,23)24)27-14(25)13-8-11-7-12(13)10(4)9(11)3;1-7-8(2)10-5-9(7)6-11(10)12(23)25-13(3,4)14(24,15(17,18)19)16(20,21)22;1-6-7(2)9-3-8(6)4-10(9)11(21)23-5-12(22,13(15,16)17)14(18,19)20/h10-15,28H,4-9H2,1-3H3;10-14,27H,3-9H2,1-2H3;9-13,26H,5-8H2,1-4H3;7-11,24H,5-6H2,1-4H3;6-10,22H,3-5H2,1-2H3. The van der Waals surface area contributed by atoms with Crippen LogP contribution in [0.2, 0.25) is 0 Å². The van der Waals surface area contributed by atoms with Crippen LogP contribution in [0.25, 0.3) is 0 Å². The molecule has 12 fully saturated rings. The Kier molecular flexibility index (Phi) is 32.0. The maximum atomic E-state index is 13.7. The summed E-state index contributed by atoms with van der Waals surface area (Å²) in [5.41, 5.74) is -38.1. The quantitative estimate of drug-likeness (QED) is 0.0488. The van der Waals surface area contributed by atoms with Crippen molar-refractivity contribution in [3.8, 4) is 0 Å². The van der Waals surface area contributed by atoms with E-state index in [2.05, 4.69) is 9.47 Å². The van der Waals surface area contributed by atoms with Gasteiger partial charge in [-0.2, -0.15) is 132 Å². The van der Waals surface area contributed by atoms with Crippen LogP contribution in [0.1, 0.15) is 239 Å². The molecule has 0 amide bonds. The first kappa shape index (κ1) is 112. The Morgan fingerprint density at radius 1 is 0.303 bits per heavy atom. The van der Waals surface area contributed by atoms with E-state index < -0.39 is 210 Å². The topological polar surface area (TPSA) is 233 Å². The summed E-state index contributed by atoms with van der Waals surface area (Å²) < 4.78 is 421. The average Bonchev–Trinajstić information content (AvgIpc) is 1.05. The van der Waals surface area contributed by atoms with E-state index in [4.69, 9.17) is 19.3 Å². The number of fused-ring (bicyclic) bond motifs is 10. The van der Waals surface area contributed by atoms with Gasteiger partial charge >= 0.3 is 91.6 Å². The smallest absolute Gasteiger partial charge is 0.430 e. The van der Waals surface area contributed by atoms with E-state index in [9.17, 15) is 176 Å². The van der Waals surface area contributed by atoms with Gasteiger partial charge in [-0.1, -0.05) is 102 Å². The lowest BCUT2D eigenvalue weighted by molar-refractivity contribution is -0.417. The Labute approximate surface area is 743 Å². The second-order valence-electron chi connectivity index (χ2n) is 40.9. The van der Waals surface area contributed by atoms with Gasteiger partial charge < -0.3 is 49.2 Å². The molecule has 12 aliphatic rings. The Bertz CT molecular complexity index is 3900. The molecule has 0 heterocycles. The minimum Gasteiger partial charge on any atom is -0.462 e. The van der Waals surface area contributed by atoms with Crippen molar-refractivity contribution in [3.63, 3.8) is 0 Å². The number of alkyl halides is 30. The number of hydrogen-bond acceptors (Lipinski definition) is 15. The fourth-order valence-corrected chi connectivity index (χ4v) is 25.4. The number of hydrogen-bond donors (Lipinski definition) is 5. The third-order valence-corrected chi connectivity index (χ3v) is 34.7. The van der Waals surface area contributed by atoms with Crippen LogP contribution in [0.15, 0.2) is 0 Å². The highest BCUT2D eigenvalue weighted by atomic mass is 19.5. The minimum absolute atomic E-state index is 0.0197. The van der Waals surface area contributed by atoms with Crippen molar-refractivity contribution in [3.05, 3.63) is 0 Å². The zero-order valence-corrected chi connectivity index (χ0v) is 75.2. The molecular formula is C87H120F30O15. The van der Waals surface area contributed by atoms with E-state index in [0.717, 1.165) is 39.5 Å². The van der Waals surface area contributed by atoms with Crippen molar-refractivity contribution in [2.75, 3.05) is 6.61 Å². The van der Waals surface area contributed by atoms with Crippen LogP contribution in [0.5, 0.6) is 0 Å². The Hall–Kier alpha value is -4.95. The molecule has 768 valence electrons. The lowest BCUT2D eigenvalue weighted by Crippen LogP contribution is -2.73. The Balaban J connectivity index is 0.000000204. The second-order valence-corrected chi connectivity index (χ2v) is 40.9. The summed E-state index contributed by atoms with van der Waals surface area (Å²) in [4.78, 5) is 62.6. The lowest BCUT2D eigenvalue weighted by Gasteiger charge is -2.49. The molecule has 0 radical (unpaired) electrons. The van der Waals surface area contributed by atoms with Gasteiger partial charge in [-0.3, -0.25) is 24.0 Å². The molecule has 15 nitrogen and oxygen atoms in total. The summed E-state index contributed by atoms with van der Waals surface area (Å²) in [5.74, 6) is -7.07. The monoisotopic (exact) mass is 1970 g/mol. The first-order valence-electron chi connectivity index (χ1n) is 44.8. The number of rotatable bonds is 18. The summed E-state index contributed by atoms with van der Waals surface area (Å²) >= 11 is 0. The number of ether oxygens (including phenoxy) is 5. The van der Waals surface area contributed by atoms with Gasteiger partial charge in [0.15, 0.2) is 22.4 Å². The van der Waals surface area contributed by atoms with Crippen molar-refractivity contribution in [2.24, 2.45) is 154 Å². The predicted octanol–water partition coefficient (Wildman–Crippen LogP) is 22.6. The van der Waals surface area contributed by atoms with Gasteiger partial charge in [0.25, 0.3) is 28.0 Å². The van der Waals surface area contributed by atoms with Crippen molar-refractivity contribution in [1.82, 2.24) is 0 Å². The summed E-state index contributed by atoms with van der Waals surface area (Å²) in [6.45, 7) is 21.2. The number of carbonyl (C=O) groups is 5. The van der Waals surface area contributed by atoms with Gasteiger partial charge in [-0.05, 0) is 255 Å². The summed E-state index contributed by atoms with van der Waals surface area (Å²) in [6, 6.07) is 0. The predicted molar refractivity (Wildman–Crippen MR) is 404 cm³/mol. The molecule has 0 spiro atoms. The first-order valence-corrected chi connectivity index (χ1v) is 44.8. The molecule has 5 N–H and O–H groups in total. The molecule has 0 aromatic rings. The maximum absolute atomic E-state index is 13.7. The van der Waals surface area contributed by atoms with E-state index in [1.54, 1.807) is 0 Å². The fraction of sp³-hybridized carbons (Fsp3) is 0.943. The summed E-state index contributed by atoms with van der Waals surface area (Å²) in [6.07, 6.45) is -56.2. The Morgan fingerprint density at radius 3 is 0.818 bits per heavy atom. The third kappa shape index (κ3) is 19.3. The molecule has 0 aromatic carbocycles. The molecule has 0 saturated heterocycles. The average molecular weight is 1980 g/mol. The molecule has 12 rings (SSSR count). The summed E-state index contributed by atoms with van der Waals surface area (Å²) in [5, 5.41) is 48.6. The van der Waals surface area contributed by atoms with Crippen molar-refractivity contribution < 1.29 is 205 Å². The van der Waals surface area contributed by atoms with Gasteiger partial charge in [-0.25, -0.2) is 0 Å². The molecule has 45 heteroatoms. The number of aliphatic hydroxyl groups is 5. The van der Waals surface area contributed by atoms with Gasteiger partial charge in [0, 0.05) is 5.92 Å². The van der Waals surface area contributed by atoms with Crippen LogP contribution in [-0.4, -0.2) is 174 Å². The molecular weight excluding hydrogens is 1850 g/mol. The molecule has 26 atom stereocenters. The number of halogens is 30. The van der Waals surface area contributed by atoms with Crippen LogP contribution in [0.3, 0.4) is 0 Å². The van der Waals surface area contributed by atoms with Crippen LogP contribution in [0.4, 0.5) is 132 Å². The van der Waals surface area contributed by atoms with Gasteiger partial charge in [0.1, 0.15) is 6.61 Å². The summed E-state index contributed by atoms with van der Waals surface area (Å²) in [7, 11) is 0. The van der Waals surface area contributed by atoms with Crippen LogP contribution in [0, 0.1) is 154 Å². The highest BCUT2D eigenvalue weighted by Crippen LogP contribution is 2.66. The molecule has 0 aromatic heterocycles. The number of carbonyl (C=O) groups excluding carboxylic acids is 5. The van der Waals surface area contributed by atoms with Crippen molar-refractivity contribution >= 4 is 29.8 Å². The molecule has 26 unspecified atom stereocenters. The zero-order chi connectivity index (χ0) is 101.